The highest BCUT2D eigenvalue weighted by molar-refractivity contribution is 6.34. The zero-order valence-corrected chi connectivity index (χ0v) is 16.1. The summed E-state index contributed by atoms with van der Waals surface area (Å²) in [4.78, 5) is 24.5. The molecule has 8 heteroatoms. The number of hydrogen-bond acceptors (Lipinski definition) is 3. The number of amides is 3. The second-order valence-corrected chi connectivity index (χ2v) is 6.74. The van der Waals surface area contributed by atoms with Crippen LogP contribution in [0.5, 0.6) is 0 Å². The number of anilines is 1. The standard InChI is InChI=1S/C18H24ClN5O2/c1-5-16(12-9-20-24(4)10-12)23-18(26)22-13-6-7-15(19)14(8-13)17(25)21-11(2)3/h6-11,16H,5H2,1-4H3,(H,21,25)(H2,22,23,26)/t16-/m0/s1. The van der Waals surface area contributed by atoms with Crippen molar-refractivity contribution in [2.75, 3.05) is 5.32 Å². The number of benzene rings is 1. The van der Waals surface area contributed by atoms with Crippen LogP contribution in [0.1, 0.15) is 49.2 Å². The van der Waals surface area contributed by atoms with Gasteiger partial charge < -0.3 is 16.0 Å². The maximum absolute atomic E-state index is 12.3. The summed E-state index contributed by atoms with van der Waals surface area (Å²) < 4.78 is 1.69. The number of nitrogens with one attached hydrogen (secondary N) is 3. The molecule has 1 aromatic carbocycles. The van der Waals surface area contributed by atoms with E-state index in [0.29, 0.717) is 16.3 Å². The van der Waals surface area contributed by atoms with Gasteiger partial charge in [-0.2, -0.15) is 5.10 Å². The molecule has 0 unspecified atom stereocenters. The summed E-state index contributed by atoms with van der Waals surface area (Å²) in [5, 5.41) is 12.9. The number of hydrogen-bond donors (Lipinski definition) is 3. The van der Waals surface area contributed by atoms with Crippen molar-refractivity contribution in [3.8, 4) is 0 Å². The zero-order chi connectivity index (χ0) is 19.3. The third kappa shape index (κ3) is 5.23. The van der Waals surface area contributed by atoms with Crippen LogP contribution >= 0.6 is 11.6 Å². The molecule has 0 aliphatic rings. The van der Waals surface area contributed by atoms with Gasteiger partial charge in [-0.3, -0.25) is 9.48 Å². The second-order valence-electron chi connectivity index (χ2n) is 6.33. The predicted octanol–water partition coefficient (Wildman–Crippen LogP) is 3.48. The Morgan fingerprint density at radius 2 is 2.00 bits per heavy atom. The molecule has 0 saturated carbocycles. The molecule has 26 heavy (non-hydrogen) atoms. The van der Waals surface area contributed by atoms with E-state index in [2.05, 4.69) is 21.0 Å². The number of rotatable bonds is 6. The summed E-state index contributed by atoms with van der Waals surface area (Å²) in [6, 6.07) is 4.27. The minimum atomic E-state index is -0.363. The molecule has 7 nitrogen and oxygen atoms in total. The largest absolute Gasteiger partial charge is 0.350 e. The second kappa shape index (κ2) is 8.71. The van der Waals surface area contributed by atoms with Crippen LogP contribution < -0.4 is 16.0 Å². The third-order valence-electron chi connectivity index (χ3n) is 3.73. The number of aryl methyl sites for hydroxylation is 1. The van der Waals surface area contributed by atoms with E-state index in [9.17, 15) is 9.59 Å². The van der Waals surface area contributed by atoms with E-state index in [-0.39, 0.29) is 24.0 Å². The lowest BCUT2D eigenvalue weighted by atomic mass is 10.1. The molecule has 1 atom stereocenters. The molecule has 0 radical (unpaired) electrons. The number of nitrogens with zero attached hydrogens (tertiary/aromatic N) is 2. The summed E-state index contributed by atoms with van der Waals surface area (Å²) in [5.74, 6) is -0.282. The molecular formula is C18H24ClN5O2. The first-order valence-electron chi connectivity index (χ1n) is 8.46. The Balaban J connectivity index is 2.07. The topological polar surface area (TPSA) is 88.1 Å². The minimum absolute atomic E-state index is 0.0109. The first kappa shape index (κ1) is 19.8. The van der Waals surface area contributed by atoms with Crippen molar-refractivity contribution < 1.29 is 9.59 Å². The number of carbonyl (C=O) groups is 2. The van der Waals surface area contributed by atoms with Crippen LogP contribution in [0.4, 0.5) is 10.5 Å². The highest BCUT2D eigenvalue weighted by atomic mass is 35.5. The molecule has 1 aromatic heterocycles. The SMILES string of the molecule is CC[C@H](NC(=O)Nc1ccc(Cl)c(C(=O)NC(C)C)c1)c1cnn(C)c1. The molecule has 0 aliphatic carbocycles. The molecule has 3 N–H and O–H groups in total. The van der Waals surface area contributed by atoms with E-state index >= 15 is 0 Å². The molecule has 0 bridgehead atoms. The number of halogens is 1. The predicted molar refractivity (Wildman–Crippen MR) is 102 cm³/mol. The lowest BCUT2D eigenvalue weighted by Crippen LogP contribution is -2.32. The van der Waals surface area contributed by atoms with Gasteiger partial charge in [-0.15, -0.1) is 0 Å². The van der Waals surface area contributed by atoms with Gasteiger partial charge in [-0.1, -0.05) is 18.5 Å². The molecule has 2 rings (SSSR count). The molecular weight excluding hydrogens is 354 g/mol. The maximum Gasteiger partial charge on any atom is 0.319 e. The first-order chi connectivity index (χ1) is 12.3. The summed E-state index contributed by atoms with van der Waals surface area (Å²) in [6.07, 6.45) is 4.32. The first-order valence-corrected chi connectivity index (χ1v) is 8.84. The average Bonchev–Trinajstić information content (AvgIpc) is 3.00. The fourth-order valence-electron chi connectivity index (χ4n) is 2.48. The van der Waals surface area contributed by atoms with Gasteiger partial charge in [0.2, 0.25) is 0 Å². The highest BCUT2D eigenvalue weighted by Crippen LogP contribution is 2.21. The van der Waals surface area contributed by atoms with Crippen molar-refractivity contribution in [3.63, 3.8) is 0 Å². The van der Waals surface area contributed by atoms with E-state index in [1.807, 2.05) is 34.0 Å². The molecule has 1 heterocycles. The van der Waals surface area contributed by atoms with E-state index < -0.39 is 0 Å². The van der Waals surface area contributed by atoms with E-state index in [1.165, 1.54) is 0 Å². The van der Waals surface area contributed by atoms with Crippen molar-refractivity contribution in [1.82, 2.24) is 20.4 Å². The van der Waals surface area contributed by atoms with Gasteiger partial charge in [0.15, 0.2) is 0 Å². The Morgan fingerprint density at radius 1 is 1.27 bits per heavy atom. The molecule has 140 valence electrons. The average molecular weight is 378 g/mol. The summed E-state index contributed by atoms with van der Waals surface area (Å²) in [7, 11) is 1.83. The third-order valence-corrected chi connectivity index (χ3v) is 4.06. The zero-order valence-electron chi connectivity index (χ0n) is 15.3. The Morgan fingerprint density at radius 3 is 2.58 bits per heavy atom. The quantitative estimate of drug-likeness (QED) is 0.720. The Labute approximate surface area is 158 Å². The fourth-order valence-corrected chi connectivity index (χ4v) is 2.69. The maximum atomic E-state index is 12.3. The number of aromatic nitrogens is 2. The monoisotopic (exact) mass is 377 g/mol. The summed E-state index contributed by atoms with van der Waals surface area (Å²) >= 11 is 6.10. The van der Waals surface area contributed by atoms with Crippen LogP contribution in [0.3, 0.4) is 0 Å². The van der Waals surface area contributed by atoms with E-state index in [4.69, 9.17) is 11.6 Å². The van der Waals surface area contributed by atoms with Gasteiger partial charge in [-0.25, -0.2) is 4.79 Å². The van der Waals surface area contributed by atoms with Gasteiger partial charge in [0.25, 0.3) is 5.91 Å². The molecule has 0 aliphatic heterocycles. The fraction of sp³-hybridized carbons (Fsp3) is 0.389. The van der Waals surface area contributed by atoms with Gasteiger partial charge in [0, 0.05) is 30.5 Å². The molecule has 0 spiro atoms. The van der Waals surface area contributed by atoms with E-state index in [1.54, 1.807) is 29.1 Å². The van der Waals surface area contributed by atoms with Crippen LogP contribution in [0.25, 0.3) is 0 Å². The normalized spacial score (nSPS) is 11.9. The van der Waals surface area contributed by atoms with E-state index in [0.717, 1.165) is 12.0 Å². The van der Waals surface area contributed by atoms with Crippen LogP contribution in [0.2, 0.25) is 5.02 Å². The van der Waals surface area contributed by atoms with Crippen molar-refractivity contribution in [1.29, 1.82) is 0 Å². The van der Waals surface area contributed by atoms with Crippen molar-refractivity contribution in [3.05, 3.63) is 46.7 Å². The summed E-state index contributed by atoms with van der Waals surface area (Å²) in [5.41, 5.74) is 1.73. The van der Waals surface area contributed by atoms with Crippen LogP contribution in [-0.2, 0) is 7.05 Å². The Kier molecular flexibility index (Phi) is 6.63. The number of urea groups is 1. The van der Waals surface area contributed by atoms with Gasteiger partial charge in [0.1, 0.15) is 0 Å². The lowest BCUT2D eigenvalue weighted by Gasteiger charge is -2.17. The Hall–Kier alpha value is -2.54. The highest BCUT2D eigenvalue weighted by Gasteiger charge is 2.16. The molecule has 3 amide bonds. The lowest BCUT2D eigenvalue weighted by molar-refractivity contribution is 0.0943. The van der Waals surface area contributed by atoms with Crippen molar-refractivity contribution in [2.45, 2.75) is 39.3 Å². The van der Waals surface area contributed by atoms with Crippen LogP contribution in [0.15, 0.2) is 30.6 Å². The smallest absolute Gasteiger partial charge is 0.319 e. The van der Waals surface area contributed by atoms with Gasteiger partial charge in [0.05, 0.1) is 22.8 Å². The molecule has 0 saturated heterocycles. The van der Waals surface area contributed by atoms with Crippen LogP contribution in [0, 0.1) is 0 Å². The minimum Gasteiger partial charge on any atom is -0.350 e. The molecule has 0 fully saturated rings. The van der Waals surface area contributed by atoms with Crippen molar-refractivity contribution in [2.24, 2.45) is 7.05 Å². The van der Waals surface area contributed by atoms with Gasteiger partial charge >= 0.3 is 6.03 Å². The van der Waals surface area contributed by atoms with Crippen LogP contribution in [-0.4, -0.2) is 27.8 Å². The Bertz CT molecular complexity index is 788. The number of carbonyl (C=O) groups excluding carboxylic acids is 2. The summed E-state index contributed by atoms with van der Waals surface area (Å²) in [6.45, 7) is 5.71. The van der Waals surface area contributed by atoms with Crippen molar-refractivity contribution >= 4 is 29.2 Å². The molecule has 2 aromatic rings. The van der Waals surface area contributed by atoms with Gasteiger partial charge in [-0.05, 0) is 38.5 Å².